The van der Waals surface area contributed by atoms with Crippen molar-refractivity contribution < 1.29 is 18.4 Å². The van der Waals surface area contributed by atoms with Crippen LogP contribution in [0.5, 0.6) is 0 Å². The van der Waals surface area contributed by atoms with E-state index in [-0.39, 0.29) is 18.9 Å². The summed E-state index contributed by atoms with van der Waals surface area (Å²) in [6.45, 7) is -0.206. The van der Waals surface area contributed by atoms with Crippen LogP contribution in [0, 0.1) is 23.0 Å². The Kier molecular flexibility index (Phi) is 5.18. The van der Waals surface area contributed by atoms with Gasteiger partial charge in [-0.05, 0) is 48.2 Å². The van der Waals surface area contributed by atoms with Gasteiger partial charge in [0.15, 0.2) is 0 Å². The van der Waals surface area contributed by atoms with E-state index in [1.165, 1.54) is 23.5 Å². The van der Waals surface area contributed by atoms with Crippen LogP contribution in [-0.4, -0.2) is 28.9 Å². The van der Waals surface area contributed by atoms with E-state index in [1.807, 2.05) is 0 Å². The van der Waals surface area contributed by atoms with Crippen molar-refractivity contribution in [3.05, 3.63) is 53.0 Å². The second-order valence-electron chi connectivity index (χ2n) is 7.14. The molecule has 1 heterocycles. The first kappa shape index (κ1) is 19.9. The lowest BCUT2D eigenvalue weighted by Gasteiger charge is -2.09. The van der Waals surface area contributed by atoms with Crippen molar-refractivity contribution in [3.63, 3.8) is 0 Å². The molecule has 0 atom stereocenters. The van der Waals surface area contributed by atoms with Crippen molar-refractivity contribution in [1.82, 2.24) is 15.6 Å². The van der Waals surface area contributed by atoms with Crippen LogP contribution in [-0.2, 0) is 16.0 Å². The summed E-state index contributed by atoms with van der Waals surface area (Å²) in [5.74, 6) is -2.08. The Morgan fingerprint density at radius 2 is 1.83 bits per heavy atom. The number of nitriles is 1. The molecule has 1 fully saturated rings. The quantitative estimate of drug-likeness (QED) is 0.633. The zero-order chi connectivity index (χ0) is 21.3. The number of nitrogens with zero attached hydrogens (tertiary/aromatic N) is 2. The van der Waals surface area contributed by atoms with E-state index in [1.54, 1.807) is 18.2 Å². The molecule has 0 aliphatic heterocycles. The third kappa shape index (κ3) is 4.44. The number of thiazole rings is 1. The largest absolute Gasteiger partial charge is 0.347 e. The van der Waals surface area contributed by atoms with Gasteiger partial charge >= 0.3 is 0 Å². The number of carbonyl (C=O) groups excluding carboxylic acids is 2. The molecule has 0 radical (unpaired) electrons. The van der Waals surface area contributed by atoms with E-state index >= 15 is 0 Å². The fourth-order valence-corrected chi connectivity index (χ4v) is 4.03. The van der Waals surface area contributed by atoms with E-state index in [4.69, 9.17) is 5.26 Å². The summed E-state index contributed by atoms with van der Waals surface area (Å²) < 4.78 is 27.7. The Morgan fingerprint density at radius 3 is 2.50 bits per heavy atom. The van der Waals surface area contributed by atoms with Gasteiger partial charge in [0.05, 0.1) is 29.3 Å². The number of nitrogens with one attached hydrogen (secondary N) is 2. The van der Waals surface area contributed by atoms with Crippen molar-refractivity contribution >= 4 is 33.4 Å². The predicted molar refractivity (Wildman–Crippen MR) is 107 cm³/mol. The first-order chi connectivity index (χ1) is 14.4. The van der Waals surface area contributed by atoms with Crippen LogP contribution in [0.25, 0.3) is 21.3 Å². The monoisotopic (exact) mass is 426 g/mol. The molecule has 1 aromatic heterocycles. The lowest BCUT2D eigenvalue weighted by atomic mass is 10.1. The molecule has 0 saturated heterocycles. The minimum absolute atomic E-state index is 0.0000534. The summed E-state index contributed by atoms with van der Waals surface area (Å²) in [5.41, 5.74) is 0.963. The molecule has 2 N–H and O–H groups in total. The molecule has 4 rings (SSSR count). The molecule has 0 bridgehead atoms. The Bertz CT molecular complexity index is 1180. The Morgan fingerprint density at radius 1 is 1.10 bits per heavy atom. The predicted octanol–water partition coefficient (Wildman–Crippen LogP) is 3.07. The Labute approximate surface area is 174 Å². The maximum absolute atomic E-state index is 13.5. The summed E-state index contributed by atoms with van der Waals surface area (Å²) in [6, 6.07) is 10.6. The van der Waals surface area contributed by atoms with Crippen LogP contribution < -0.4 is 10.6 Å². The minimum Gasteiger partial charge on any atom is -0.347 e. The van der Waals surface area contributed by atoms with E-state index < -0.39 is 23.1 Å². The van der Waals surface area contributed by atoms with Crippen LogP contribution in [0.4, 0.5) is 8.78 Å². The number of carbonyl (C=O) groups is 2. The number of rotatable bonds is 6. The first-order valence-electron chi connectivity index (χ1n) is 9.21. The molecule has 6 nitrogen and oxygen atoms in total. The van der Waals surface area contributed by atoms with Crippen LogP contribution >= 0.6 is 11.3 Å². The number of amides is 2. The summed E-state index contributed by atoms with van der Waals surface area (Å²) in [4.78, 5) is 28.4. The molecule has 3 aromatic rings. The summed E-state index contributed by atoms with van der Waals surface area (Å²) in [6.07, 6.45) is 1.25. The molecule has 2 amide bonds. The van der Waals surface area contributed by atoms with Crippen molar-refractivity contribution in [2.45, 2.75) is 24.8 Å². The SMILES string of the molecule is N#CC1(NC(=O)CNC(=O)Cc2nc3ccc(-c4cc(F)cc(F)c4)cc3s2)CC1. The van der Waals surface area contributed by atoms with Gasteiger partial charge in [0.25, 0.3) is 0 Å². The summed E-state index contributed by atoms with van der Waals surface area (Å²) in [5, 5.41) is 14.7. The number of benzene rings is 2. The smallest absolute Gasteiger partial charge is 0.240 e. The number of fused-ring (bicyclic) bond motifs is 1. The zero-order valence-corrected chi connectivity index (χ0v) is 16.5. The maximum atomic E-state index is 13.5. The molecule has 9 heteroatoms. The topological polar surface area (TPSA) is 94.9 Å². The highest BCUT2D eigenvalue weighted by Gasteiger charge is 2.44. The number of hydrogen-bond donors (Lipinski definition) is 2. The molecule has 0 unspecified atom stereocenters. The fourth-order valence-electron chi connectivity index (χ4n) is 3.03. The average Bonchev–Trinajstić information content (AvgIpc) is 3.35. The highest BCUT2D eigenvalue weighted by atomic mass is 32.1. The van der Waals surface area contributed by atoms with Gasteiger partial charge in [0.2, 0.25) is 11.8 Å². The van der Waals surface area contributed by atoms with E-state index in [2.05, 4.69) is 21.7 Å². The van der Waals surface area contributed by atoms with E-state index in [9.17, 15) is 18.4 Å². The van der Waals surface area contributed by atoms with Crippen LogP contribution in [0.15, 0.2) is 36.4 Å². The van der Waals surface area contributed by atoms with Crippen molar-refractivity contribution in [2.24, 2.45) is 0 Å². The lowest BCUT2D eigenvalue weighted by Crippen LogP contribution is -2.43. The third-order valence-electron chi connectivity index (χ3n) is 4.73. The van der Waals surface area contributed by atoms with Gasteiger partial charge in [-0.3, -0.25) is 9.59 Å². The van der Waals surface area contributed by atoms with Crippen LogP contribution in [0.2, 0.25) is 0 Å². The molecule has 30 heavy (non-hydrogen) atoms. The summed E-state index contributed by atoms with van der Waals surface area (Å²) >= 11 is 1.30. The van der Waals surface area contributed by atoms with Crippen molar-refractivity contribution in [1.29, 1.82) is 5.26 Å². The van der Waals surface area contributed by atoms with Crippen LogP contribution in [0.3, 0.4) is 0 Å². The number of aromatic nitrogens is 1. The van der Waals surface area contributed by atoms with Gasteiger partial charge < -0.3 is 10.6 Å². The molecule has 0 spiro atoms. The van der Waals surface area contributed by atoms with E-state index in [0.717, 1.165) is 10.8 Å². The number of halogens is 2. The third-order valence-corrected chi connectivity index (χ3v) is 5.75. The molecule has 1 aliphatic rings. The molecular formula is C21H16F2N4O2S. The Hall–Kier alpha value is -3.38. The zero-order valence-electron chi connectivity index (χ0n) is 15.7. The van der Waals surface area contributed by atoms with Gasteiger partial charge in [0, 0.05) is 6.07 Å². The normalized spacial score (nSPS) is 14.2. The van der Waals surface area contributed by atoms with Gasteiger partial charge in [-0.15, -0.1) is 11.3 Å². The highest BCUT2D eigenvalue weighted by molar-refractivity contribution is 7.18. The van der Waals surface area contributed by atoms with Crippen LogP contribution in [0.1, 0.15) is 17.8 Å². The second kappa shape index (κ2) is 7.80. The van der Waals surface area contributed by atoms with E-state index in [0.29, 0.717) is 34.5 Å². The molecule has 152 valence electrons. The Balaban J connectivity index is 1.40. The first-order valence-corrected chi connectivity index (χ1v) is 10.0. The minimum atomic E-state index is -0.767. The van der Waals surface area contributed by atoms with Gasteiger partial charge in [0.1, 0.15) is 22.2 Å². The van der Waals surface area contributed by atoms with Crippen molar-refractivity contribution in [2.75, 3.05) is 6.54 Å². The summed E-state index contributed by atoms with van der Waals surface area (Å²) in [7, 11) is 0. The molecule has 1 saturated carbocycles. The molecule has 2 aromatic carbocycles. The fraction of sp³-hybridized carbons (Fsp3) is 0.238. The second-order valence-corrected chi connectivity index (χ2v) is 8.26. The van der Waals surface area contributed by atoms with Crippen molar-refractivity contribution in [3.8, 4) is 17.2 Å². The standard InChI is InChI=1S/C21H16F2N4O2S/c22-14-5-13(6-15(23)8-14)12-1-2-16-17(7-12)30-20(26-16)9-18(28)25-10-19(29)27-21(11-24)3-4-21/h1-2,5-8H,3-4,9-10H2,(H,25,28)(H,27,29). The highest BCUT2D eigenvalue weighted by Crippen LogP contribution is 2.34. The van der Waals surface area contributed by atoms with Gasteiger partial charge in [-0.25, -0.2) is 13.8 Å². The molecular weight excluding hydrogens is 410 g/mol. The number of hydrogen-bond acceptors (Lipinski definition) is 5. The van der Waals surface area contributed by atoms with Gasteiger partial charge in [-0.2, -0.15) is 5.26 Å². The lowest BCUT2D eigenvalue weighted by molar-refractivity contribution is -0.126. The molecule has 1 aliphatic carbocycles. The maximum Gasteiger partial charge on any atom is 0.240 e. The van der Waals surface area contributed by atoms with Gasteiger partial charge in [-0.1, -0.05) is 6.07 Å². The average molecular weight is 426 g/mol.